The standard InChI is InChI=1S/C23H15F4N5/c24-17-11-7-15(8-12-17)20-22-29-21(18-3-1-2-4-19(18)32(22)31-30-20)28-13-14-5-9-16(10-6-14)23(25,26)27/h1-12H,13H2,(H,28,29). The summed E-state index contributed by atoms with van der Waals surface area (Å²) in [7, 11) is 0. The fourth-order valence-corrected chi connectivity index (χ4v) is 3.49. The fraction of sp³-hybridized carbons (Fsp3) is 0.0870. The smallest absolute Gasteiger partial charge is 0.365 e. The second-order valence-corrected chi connectivity index (χ2v) is 7.21. The molecule has 0 unspecified atom stereocenters. The van der Waals surface area contributed by atoms with Crippen molar-refractivity contribution in [1.82, 2.24) is 19.8 Å². The Balaban J connectivity index is 1.54. The molecule has 160 valence electrons. The van der Waals surface area contributed by atoms with Gasteiger partial charge < -0.3 is 5.32 Å². The molecule has 2 aromatic heterocycles. The second-order valence-electron chi connectivity index (χ2n) is 7.21. The number of alkyl halides is 3. The van der Waals surface area contributed by atoms with Crippen LogP contribution in [-0.4, -0.2) is 19.8 Å². The van der Waals surface area contributed by atoms with E-state index in [4.69, 9.17) is 0 Å². The SMILES string of the molecule is Fc1ccc(-c2nnn3c2nc(NCc2ccc(C(F)(F)F)cc2)c2ccccc23)cc1. The Kier molecular flexibility index (Phi) is 4.73. The highest BCUT2D eigenvalue weighted by atomic mass is 19.4. The molecular formula is C23H15F4N5. The van der Waals surface area contributed by atoms with Gasteiger partial charge in [-0.05, 0) is 54.1 Å². The molecule has 0 atom stereocenters. The van der Waals surface area contributed by atoms with E-state index in [2.05, 4.69) is 20.6 Å². The Hall–Kier alpha value is -4.01. The number of nitrogens with zero attached hydrogens (tertiary/aromatic N) is 4. The van der Waals surface area contributed by atoms with Crippen LogP contribution in [0.5, 0.6) is 0 Å². The number of nitrogens with one attached hydrogen (secondary N) is 1. The molecule has 9 heteroatoms. The van der Waals surface area contributed by atoms with Crippen molar-refractivity contribution in [1.29, 1.82) is 0 Å². The summed E-state index contributed by atoms with van der Waals surface area (Å²) in [6.45, 7) is 0.277. The molecule has 1 N–H and O–H groups in total. The maximum Gasteiger partial charge on any atom is 0.416 e. The number of benzene rings is 3. The Morgan fingerprint density at radius 1 is 0.875 bits per heavy atom. The molecule has 0 aliphatic carbocycles. The number of hydrogen-bond donors (Lipinski definition) is 1. The van der Waals surface area contributed by atoms with Crippen molar-refractivity contribution in [3.8, 4) is 11.3 Å². The highest BCUT2D eigenvalue weighted by molar-refractivity contribution is 5.93. The lowest BCUT2D eigenvalue weighted by Crippen LogP contribution is -2.07. The van der Waals surface area contributed by atoms with E-state index >= 15 is 0 Å². The zero-order valence-electron chi connectivity index (χ0n) is 16.4. The van der Waals surface area contributed by atoms with Gasteiger partial charge >= 0.3 is 6.18 Å². The average molecular weight is 437 g/mol. The van der Waals surface area contributed by atoms with Crippen LogP contribution in [-0.2, 0) is 12.7 Å². The molecule has 0 radical (unpaired) electrons. The molecule has 32 heavy (non-hydrogen) atoms. The summed E-state index contributed by atoms with van der Waals surface area (Å²) in [5.74, 6) is 0.182. The summed E-state index contributed by atoms with van der Waals surface area (Å²) in [4.78, 5) is 4.69. The first-order chi connectivity index (χ1) is 15.4. The Morgan fingerprint density at radius 2 is 1.59 bits per heavy atom. The maximum atomic E-state index is 13.3. The van der Waals surface area contributed by atoms with Gasteiger partial charge in [0.05, 0.1) is 11.1 Å². The zero-order chi connectivity index (χ0) is 22.3. The van der Waals surface area contributed by atoms with Crippen LogP contribution in [0, 0.1) is 5.82 Å². The van der Waals surface area contributed by atoms with Crippen molar-refractivity contribution < 1.29 is 17.6 Å². The number of fused-ring (bicyclic) bond motifs is 3. The Bertz CT molecular complexity index is 1410. The van der Waals surface area contributed by atoms with Gasteiger partial charge in [0.1, 0.15) is 17.3 Å². The molecule has 0 aliphatic heterocycles. The van der Waals surface area contributed by atoms with Crippen LogP contribution in [0.25, 0.3) is 27.8 Å². The van der Waals surface area contributed by atoms with Gasteiger partial charge in [-0.2, -0.15) is 17.7 Å². The van der Waals surface area contributed by atoms with Gasteiger partial charge in [-0.15, -0.1) is 5.10 Å². The summed E-state index contributed by atoms with van der Waals surface area (Å²) in [5.41, 5.74) is 2.37. The molecule has 5 nitrogen and oxygen atoms in total. The molecular weight excluding hydrogens is 422 g/mol. The van der Waals surface area contributed by atoms with E-state index in [1.165, 1.54) is 24.3 Å². The number of para-hydroxylation sites is 1. The molecule has 0 bridgehead atoms. The Morgan fingerprint density at radius 3 is 2.31 bits per heavy atom. The Labute approximate surface area is 179 Å². The molecule has 2 heterocycles. The number of anilines is 1. The van der Waals surface area contributed by atoms with E-state index in [9.17, 15) is 17.6 Å². The van der Waals surface area contributed by atoms with Crippen molar-refractivity contribution in [2.75, 3.05) is 5.32 Å². The van der Waals surface area contributed by atoms with Crippen molar-refractivity contribution >= 4 is 22.4 Å². The third-order valence-corrected chi connectivity index (χ3v) is 5.11. The van der Waals surface area contributed by atoms with E-state index in [-0.39, 0.29) is 12.4 Å². The average Bonchev–Trinajstić information content (AvgIpc) is 3.22. The zero-order valence-corrected chi connectivity index (χ0v) is 16.4. The van der Waals surface area contributed by atoms with Crippen LogP contribution >= 0.6 is 0 Å². The van der Waals surface area contributed by atoms with Crippen molar-refractivity contribution in [2.45, 2.75) is 12.7 Å². The van der Waals surface area contributed by atoms with Crippen LogP contribution in [0.2, 0.25) is 0 Å². The van der Waals surface area contributed by atoms with Gasteiger partial charge in [-0.25, -0.2) is 9.37 Å². The number of rotatable bonds is 4. The van der Waals surface area contributed by atoms with E-state index in [0.717, 1.165) is 23.0 Å². The van der Waals surface area contributed by atoms with Crippen molar-refractivity contribution in [3.05, 3.63) is 89.7 Å². The quantitative estimate of drug-likeness (QED) is 0.366. The predicted molar refractivity (Wildman–Crippen MR) is 112 cm³/mol. The predicted octanol–water partition coefficient (Wildman–Crippen LogP) is 5.71. The lowest BCUT2D eigenvalue weighted by Gasteiger charge is -2.11. The summed E-state index contributed by atoms with van der Waals surface area (Å²) < 4.78 is 53.4. The van der Waals surface area contributed by atoms with Gasteiger partial charge in [0.2, 0.25) is 0 Å². The lowest BCUT2D eigenvalue weighted by molar-refractivity contribution is -0.137. The van der Waals surface area contributed by atoms with Crippen LogP contribution in [0.15, 0.2) is 72.8 Å². The van der Waals surface area contributed by atoms with E-state index in [0.29, 0.717) is 28.3 Å². The number of hydrogen-bond acceptors (Lipinski definition) is 4. The van der Waals surface area contributed by atoms with Crippen LogP contribution in [0.4, 0.5) is 23.4 Å². The van der Waals surface area contributed by atoms with E-state index in [1.807, 2.05) is 24.3 Å². The molecule has 0 spiro atoms. The second kappa shape index (κ2) is 7.60. The normalized spacial score (nSPS) is 11.9. The molecule has 0 fully saturated rings. The topological polar surface area (TPSA) is 55.1 Å². The molecule has 0 amide bonds. The van der Waals surface area contributed by atoms with Crippen LogP contribution in [0.3, 0.4) is 0 Å². The first-order valence-corrected chi connectivity index (χ1v) is 9.70. The first-order valence-electron chi connectivity index (χ1n) is 9.70. The molecule has 0 aliphatic rings. The molecule has 5 aromatic rings. The van der Waals surface area contributed by atoms with Gasteiger partial charge in [-0.1, -0.05) is 29.5 Å². The largest absolute Gasteiger partial charge is 0.416 e. The minimum atomic E-state index is -4.37. The maximum absolute atomic E-state index is 13.3. The van der Waals surface area contributed by atoms with Crippen LogP contribution in [0.1, 0.15) is 11.1 Å². The fourth-order valence-electron chi connectivity index (χ4n) is 3.49. The van der Waals surface area contributed by atoms with Gasteiger partial charge in [0, 0.05) is 17.5 Å². The number of aromatic nitrogens is 4. The van der Waals surface area contributed by atoms with Crippen molar-refractivity contribution in [2.24, 2.45) is 0 Å². The van der Waals surface area contributed by atoms with E-state index in [1.54, 1.807) is 16.6 Å². The third-order valence-electron chi connectivity index (χ3n) is 5.11. The summed E-state index contributed by atoms with van der Waals surface area (Å²) in [5, 5.41) is 12.4. The molecule has 3 aromatic carbocycles. The highest BCUT2D eigenvalue weighted by Crippen LogP contribution is 2.30. The molecule has 0 saturated carbocycles. The van der Waals surface area contributed by atoms with Gasteiger partial charge in [-0.3, -0.25) is 0 Å². The third kappa shape index (κ3) is 3.62. The molecule has 0 saturated heterocycles. The monoisotopic (exact) mass is 437 g/mol. The first kappa shape index (κ1) is 19.9. The summed E-state index contributed by atoms with van der Waals surface area (Å²) in [6.07, 6.45) is -4.37. The number of halogens is 4. The van der Waals surface area contributed by atoms with Crippen LogP contribution < -0.4 is 5.32 Å². The summed E-state index contributed by atoms with van der Waals surface area (Å²) in [6, 6.07) is 18.3. The minimum absolute atomic E-state index is 0.277. The van der Waals surface area contributed by atoms with E-state index < -0.39 is 11.7 Å². The van der Waals surface area contributed by atoms with Crippen molar-refractivity contribution in [3.63, 3.8) is 0 Å². The molecule has 5 rings (SSSR count). The van der Waals surface area contributed by atoms with Gasteiger partial charge in [0.25, 0.3) is 0 Å². The highest BCUT2D eigenvalue weighted by Gasteiger charge is 2.29. The summed E-state index contributed by atoms with van der Waals surface area (Å²) >= 11 is 0. The van der Waals surface area contributed by atoms with Gasteiger partial charge in [0.15, 0.2) is 5.65 Å². The lowest BCUT2D eigenvalue weighted by atomic mass is 10.1. The minimum Gasteiger partial charge on any atom is -0.365 e.